The molecule has 88 valence electrons. The second-order valence-electron chi connectivity index (χ2n) is 5.29. The molecule has 0 aromatic carbocycles. The predicted octanol–water partition coefficient (Wildman–Crippen LogP) is 2.73. The van der Waals surface area contributed by atoms with Crippen LogP contribution >= 0.6 is 0 Å². The van der Waals surface area contributed by atoms with Crippen molar-refractivity contribution in [2.24, 2.45) is 5.92 Å². The van der Waals surface area contributed by atoms with E-state index in [0.717, 1.165) is 19.1 Å². The highest BCUT2D eigenvalue weighted by Gasteiger charge is 2.31. The molecule has 2 atom stereocenters. The van der Waals surface area contributed by atoms with Gasteiger partial charge in [0.25, 0.3) is 0 Å². The molecule has 0 aromatic rings. The SMILES string of the molecule is CCC1(CCC2CCCOC2)CCCN1. The van der Waals surface area contributed by atoms with Crippen molar-refractivity contribution in [2.75, 3.05) is 19.8 Å². The van der Waals surface area contributed by atoms with Crippen molar-refractivity contribution in [3.05, 3.63) is 0 Å². The maximum absolute atomic E-state index is 5.54. The highest BCUT2D eigenvalue weighted by Crippen LogP contribution is 2.31. The van der Waals surface area contributed by atoms with Gasteiger partial charge in [0.1, 0.15) is 0 Å². The lowest BCUT2D eigenvalue weighted by molar-refractivity contribution is 0.0477. The molecule has 2 rings (SSSR count). The van der Waals surface area contributed by atoms with E-state index in [1.54, 1.807) is 0 Å². The molecule has 2 aliphatic rings. The molecular weight excluding hydrogens is 186 g/mol. The van der Waals surface area contributed by atoms with Crippen LogP contribution in [0, 0.1) is 5.92 Å². The third-order valence-electron chi connectivity index (χ3n) is 4.29. The Morgan fingerprint density at radius 2 is 2.33 bits per heavy atom. The summed E-state index contributed by atoms with van der Waals surface area (Å²) in [7, 11) is 0. The zero-order valence-corrected chi connectivity index (χ0v) is 10.1. The van der Waals surface area contributed by atoms with E-state index >= 15 is 0 Å². The van der Waals surface area contributed by atoms with Gasteiger partial charge in [-0.1, -0.05) is 6.92 Å². The molecule has 2 unspecified atom stereocenters. The minimum Gasteiger partial charge on any atom is -0.381 e. The van der Waals surface area contributed by atoms with E-state index in [-0.39, 0.29) is 0 Å². The van der Waals surface area contributed by atoms with Crippen LogP contribution in [0.2, 0.25) is 0 Å². The summed E-state index contributed by atoms with van der Waals surface area (Å²) >= 11 is 0. The lowest BCUT2D eigenvalue weighted by Gasteiger charge is -2.31. The van der Waals surface area contributed by atoms with Gasteiger partial charge in [0, 0.05) is 18.8 Å². The van der Waals surface area contributed by atoms with Crippen LogP contribution in [0.4, 0.5) is 0 Å². The van der Waals surface area contributed by atoms with Gasteiger partial charge in [0.2, 0.25) is 0 Å². The normalized spacial score (nSPS) is 37.0. The number of ether oxygens (including phenoxy) is 1. The Balaban J connectivity index is 1.75. The Kier molecular flexibility index (Phi) is 4.04. The van der Waals surface area contributed by atoms with Gasteiger partial charge in [-0.3, -0.25) is 0 Å². The summed E-state index contributed by atoms with van der Waals surface area (Å²) in [5.41, 5.74) is 0.484. The second kappa shape index (κ2) is 5.31. The van der Waals surface area contributed by atoms with Gasteiger partial charge in [-0.15, -0.1) is 0 Å². The summed E-state index contributed by atoms with van der Waals surface area (Å²) < 4.78 is 5.54. The summed E-state index contributed by atoms with van der Waals surface area (Å²) in [5.74, 6) is 0.838. The molecule has 0 saturated carbocycles. The van der Waals surface area contributed by atoms with E-state index in [1.807, 2.05) is 0 Å². The van der Waals surface area contributed by atoms with Crippen LogP contribution < -0.4 is 5.32 Å². The van der Waals surface area contributed by atoms with Crippen LogP contribution in [0.25, 0.3) is 0 Å². The molecule has 2 saturated heterocycles. The highest BCUT2D eigenvalue weighted by molar-refractivity contribution is 4.92. The number of hydrogen-bond acceptors (Lipinski definition) is 2. The minimum atomic E-state index is 0.484. The van der Waals surface area contributed by atoms with Crippen LogP contribution in [-0.4, -0.2) is 25.3 Å². The van der Waals surface area contributed by atoms with Crippen molar-refractivity contribution >= 4 is 0 Å². The third-order valence-corrected chi connectivity index (χ3v) is 4.29. The third kappa shape index (κ3) is 2.94. The Labute approximate surface area is 93.8 Å². The Morgan fingerprint density at radius 3 is 2.93 bits per heavy atom. The molecular formula is C13H25NO. The molecule has 0 spiro atoms. The molecule has 1 N–H and O–H groups in total. The van der Waals surface area contributed by atoms with E-state index in [9.17, 15) is 0 Å². The van der Waals surface area contributed by atoms with E-state index in [1.165, 1.54) is 51.5 Å². The van der Waals surface area contributed by atoms with E-state index in [2.05, 4.69) is 12.2 Å². The van der Waals surface area contributed by atoms with E-state index in [0.29, 0.717) is 5.54 Å². The van der Waals surface area contributed by atoms with Crippen LogP contribution in [0.3, 0.4) is 0 Å². The van der Waals surface area contributed by atoms with Gasteiger partial charge in [0.05, 0.1) is 0 Å². The van der Waals surface area contributed by atoms with Crippen molar-refractivity contribution in [3.8, 4) is 0 Å². The molecule has 0 aliphatic carbocycles. The van der Waals surface area contributed by atoms with Gasteiger partial charge < -0.3 is 10.1 Å². The maximum atomic E-state index is 5.54. The van der Waals surface area contributed by atoms with Crippen molar-refractivity contribution in [2.45, 2.75) is 57.4 Å². The topological polar surface area (TPSA) is 21.3 Å². The zero-order valence-electron chi connectivity index (χ0n) is 10.1. The summed E-state index contributed by atoms with van der Waals surface area (Å²) in [5, 5.41) is 3.72. The fraction of sp³-hybridized carbons (Fsp3) is 1.00. The second-order valence-corrected chi connectivity index (χ2v) is 5.29. The molecule has 2 fully saturated rings. The zero-order chi connectivity index (χ0) is 10.6. The molecule has 2 nitrogen and oxygen atoms in total. The lowest BCUT2D eigenvalue weighted by Crippen LogP contribution is -2.39. The molecule has 2 heteroatoms. The molecule has 0 radical (unpaired) electrons. The van der Waals surface area contributed by atoms with Gasteiger partial charge in [0.15, 0.2) is 0 Å². The summed E-state index contributed by atoms with van der Waals surface area (Å²) in [4.78, 5) is 0. The van der Waals surface area contributed by atoms with Crippen LogP contribution in [-0.2, 0) is 4.74 Å². The van der Waals surface area contributed by atoms with Gasteiger partial charge >= 0.3 is 0 Å². The molecule has 15 heavy (non-hydrogen) atoms. The van der Waals surface area contributed by atoms with Crippen LogP contribution in [0.1, 0.15) is 51.9 Å². The predicted molar refractivity (Wildman–Crippen MR) is 63.0 cm³/mol. The van der Waals surface area contributed by atoms with Crippen molar-refractivity contribution in [1.29, 1.82) is 0 Å². The smallest absolute Gasteiger partial charge is 0.0494 e. The van der Waals surface area contributed by atoms with Gasteiger partial charge in [-0.25, -0.2) is 0 Å². The number of hydrogen-bond donors (Lipinski definition) is 1. The minimum absolute atomic E-state index is 0.484. The quantitative estimate of drug-likeness (QED) is 0.772. The average molecular weight is 211 g/mol. The molecule has 2 heterocycles. The first kappa shape index (κ1) is 11.4. The Bertz CT molecular complexity index is 181. The van der Waals surface area contributed by atoms with Crippen molar-refractivity contribution < 1.29 is 4.74 Å². The standard InChI is InChI=1S/C13H25NO/c1-2-13(7-4-9-14-13)8-6-12-5-3-10-15-11-12/h12,14H,2-11H2,1H3. The molecule has 0 amide bonds. The first-order valence-corrected chi connectivity index (χ1v) is 6.67. The molecule has 0 aromatic heterocycles. The molecule has 0 bridgehead atoms. The summed E-state index contributed by atoms with van der Waals surface area (Å²) in [6.07, 6.45) is 9.43. The summed E-state index contributed by atoms with van der Waals surface area (Å²) in [6, 6.07) is 0. The number of rotatable bonds is 4. The van der Waals surface area contributed by atoms with E-state index < -0.39 is 0 Å². The molecule has 2 aliphatic heterocycles. The van der Waals surface area contributed by atoms with Crippen LogP contribution in [0.15, 0.2) is 0 Å². The van der Waals surface area contributed by atoms with Crippen molar-refractivity contribution in [1.82, 2.24) is 5.32 Å². The van der Waals surface area contributed by atoms with Gasteiger partial charge in [-0.2, -0.15) is 0 Å². The van der Waals surface area contributed by atoms with Crippen molar-refractivity contribution in [3.63, 3.8) is 0 Å². The monoisotopic (exact) mass is 211 g/mol. The van der Waals surface area contributed by atoms with Crippen LogP contribution in [0.5, 0.6) is 0 Å². The summed E-state index contributed by atoms with van der Waals surface area (Å²) in [6.45, 7) is 5.57. The Hall–Kier alpha value is -0.0800. The fourth-order valence-electron chi connectivity index (χ4n) is 3.08. The first-order chi connectivity index (χ1) is 7.35. The number of nitrogens with one attached hydrogen (secondary N) is 1. The lowest BCUT2D eigenvalue weighted by atomic mass is 9.84. The fourth-order valence-corrected chi connectivity index (χ4v) is 3.08. The van der Waals surface area contributed by atoms with E-state index in [4.69, 9.17) is 4.74 Å². The largest absolute Gasteiger partial charge is 0.381 e. The first-order valence-electron chi connectivity index (χ1n) is 6.67. The van der Waals surface area contributed by atoms with Gasteiger partial charge in [-0.05, 0) is 57.4 Å². The maximum Gasteiger partial charge on any atom is 0.0494 e. The Morgan fingerprint density at radius 1 is 1.40 bits per heavy atom. The average Bonchev–Trinajstić information content (AvgIpc) is 2.77. The highest BCUT2D eigenvalue weighted by atomic mass is 16.5.